The Labute approximate surface area is 139 Å². The molecule has 1 unspecified atom stereocenters. The Balaban J connectivity index is 1.88. The summed E-state index contributed by atoms with van der Waals surface area (Å²) in [5.74, 6) is 0.520. The molecule has 5 heteroatoms. The van der Waals surface area contributed by atoms with Gasteiger partial charge in [-0.25, -0.2) is 14.4 Å². The molecule has 1 aliphatic heterocycles. The molecule has 0 saturated heterocycles. The number of rotatable bonds is 2. The van der Waals surface area contributed by atoms with Crippen molar-refractivity contribution in [1.29, 1.82) is 0 Å². The van der Waals surface area contributed by atoms with Crippen molar-refractivity contribution in [1.82, 2.24) is 9.55 Å². The summed E-state index contributed by atoms with van der Waals surface area (Å²) in [6.45, 7) is 3.98. The van der Waals surface area contributed by atoms with E-state index in [9.17, 15) is 4.39 Å². The van der Waals surface area contributed by atoms with Crippen LogP contribution in [-0.4, -0.2) is 15.8 Å². The molecule has 3 aromatic rings. The molecule has 0 aliphatic carbocycles. The number of anilines is 1. The van der Waals surface area contributed by atoms with Gasteiger partial charge in [0.25, 0.3) is 0 Å². The Morgan fingerprint density at radius 3 is 2.79 bits per heavy atom. The van der Waals surface area contributed by atoms with Crippen LogP contribution in [0.25, 0.3) is 11.0 Å². The van der Waals surface area contributed by atoms with Crippen LogP contribution in [0.3, 0.4) is 0 Å². The summed E-state index contributed by atoms with van der Waals surface area (Å²) in [6.07, 6.45) is 5.32. The molecule has 0 saturated carbocycles. The minimum atomic E-state index is -0.330. The van der Waals surface area contributed by atoms with E-state index in [-0.39, 0.29) is 12.1 Å². The summed E-state index contributed by atoms with van der Waals surface area (Å²) in [6, 6.07) is 12.9. The SMILES string of the molecule is Cc1cccc(N2C=CC=NC2n2c(C)nc3ccc(F)cc32)c1. The molecule has 120 valence electrons. The monoisotopic (exact) mass is 320 g/mol. The first-order valence-electron chi connectivity index (χ1n) is 7.82. The molecular formula is C19H17FN4. The summed E-state index contributed by atoms with van der Waals surface area (Å²) >= 11 is 0. The van der Waals surface area contributed by atoms with E-state index in [1.54, 1.807) is 12.3 Å². The van der Waals surface area contributed by atoms with Crippen molar-refractivity contribution in [3.63, 3.8) is 0 Å². The fraction of sp³-hybridized carbons (Fsp3) is 0.158. The highest BCUT2D eigenvalue weighted by molar-refractivity contribution is 5.78. The van der Waals surface area contributed by atoms with Crippen LogP contribution in [0.4, 0.5) is 10.1 Å². The average molecular weight is 320 g/mol. The Morgan fingerprint density at radius 2 is 1.96 bits per heavy atom. The van der Waals surface area contributed by atoms with Gasteiger partial charge in [-0.1, -0.05) is 12.1 Å². The van der Waals surface area contributed by atoms with Gasteiger partial charge in [-0.3, -0.25) is 4.57 Å². The zero-order chi connectivity index (χ0) is 16.7. The zero-order valence-electron chi connectivity index (χ0n) is 13.5. The molecule has 0 amide bonds. The topological polar surface area (TPSA) is 33.4 Å². The number of aliphatic imine (C=N–C) groups is 1. The minimum absolute atomic E-state index is 0.277. The number of hydrogen-bond acceptors (Lipinski definition) is 3. The zero-order valence-corrected chi connectivity index (χ0v) is 13.5. The molecule has 1 aromatic heterocycles. The highest BCUT2D eigenvalue weighted by Gasteiger charge is 2.23. The standard InChI is InChI=1S/C19H17FN4/c1-13-5-3-6-16(11-13)23-10-4-9-21-19(23)24-14(2)22-17-8-7-15(20)12-18(17)24/h3-12,19H,1-2H3. The molecule has 0 bridgehead atoms. The molecule has 2 heterocycles. The van der Waals surface area contributed by atoms with Gasteiger partial charge in [-0.2, -0.15) is 0 Å². The van der Waals surface area contributed by atoms with Gasteiger partial charge in [0.05, 0.1) is 11.0 Å². The van der Waals surface area contributed by atoms with Crippen molar-refractivity contribution in [2.75, 3.05) is 4.90 Å². The van der Waals surface area contributed by atoms with Gasteiger partial charge in [0.1, 0.15) is 11.6 Å². The molecule has 0 spiro atoms. The van der Waals surface area contributed by atoms with E-state index in [1.165, 1.54) is 17.7 Å². The van der Waals surface area contributed by atoms with Crippen LogP contribution in [0.5, 0.6) is 0 Å². The number of nitrogens with zero attached hydrogens (tertiary/aromatic N) is 4. The molecule has 2 aromatic carbocycles. The quantitative estimate of drug-likeness (QED) is 0.703. The van der Waals surface area contributed by atoms with Crippen LogP contribution in [0.15, 0.2) is 59.7 Å². The third kappa shape index (κ3) is 2.38. The third-order valence-electron chi connectivity index (χ3n) is 4.16. The highest BCUT2D eigenvalue weighted by atomic mass is 19.1. The lowest BCUT2D eigenvalue weighted by atomic mass is 10.2. The van der Waals surface area contributed by atoms with Crippen molar-refractivity contribution >= 4 is 22.9 Å². The van der Waals surface area contributed by atoms with Gasteiger partial charge >= 0.3 is 0 Å². The maximum Gasteiger partial charge on any atom is 0.208 e. The van der Waals surface area contributed by atoms with E-state index >= 15 is 0 Å². The maximum atomic E-state index is 13.8. The van der Waals surface area contributed by atoms with E-state index in [4.69, 9.17) is 0 Å². The number of hydrogen-bond donors (Lipinski definition) is 0. The largest absolute Gasteiger partial charge is 0.308 e. The predicted octanol–water partition coefficient (Wildman–Crippen LogP) is 4.35. The second kappa shape index (κ2) is 5.60. The number of fused-ring (bicyclic) bond motifs is 1. The lowest BCUT2D eigenvalue weighted by molar-refractivity contribution is 0.527. The third-order valence-corrected chi connectivity index (χ3v) is 4.16. The lowest BCUT2D eigenvalue weighted by Gasteiger charge is -2.31. The van der Waals surface area contributed by atoms with E-state index in [1.807, 2.05) is 35.9 Å². The first kappa shape index (κ1) is 14.6. The van der Waals surface area contributed by atoms with Gasteiger partial charge in [-0.05, 0) is 55.8 Å². The summed E-state index contributed by atoms with van der Waals surface area (Å²) in [5, 5.41) is 0. The van der Waals surface area contributed by atoms with Gasteiger partial charge < -0.3 is 4.90 Å². The van der Waals surface area contributed by atoms with Gasteiger partial charge in [-0.15, -0.1) is 0 Å². The Kier molecular flexibility index (Phi) is 3.41. The number of imidazole rings is 1. The lowest BCUT2D eigenvalue weighted by Crippen LogP contribution is -2.29. The summed E-state index contributed by atoms with van der Waals surface area (Å²) in [7, 11) is 0. The van der Waals surface area contributed by atoms with E-state index < -0.39 is 0 Å². The van der Waals surface area contributed by atoms with E-state index in [0.717, 1.165) is 22.5 Å². The molecule has 1 atom stereocenters. The average Bonchev–Trinajstić information content (AvgIpc) is 2.90. The first-order valence-corrected chi connectivity index (χ1v) is 7.82. The van der Waals surface area contributed by atoms with Gasteiger partial charge in [0.15, 0.2) is 0 Å². The van der Waals surface area contributed by atoms with Gasteiger partial charge in [0, 0.05) is 18.1 Å². The fourth-order valence-electron chi connectivity index (χ4n) is 3.08. The number of aromatic nitrogens is 2. The molecular weight excluding hydrogens is 303 g/mol. The van der Waals surface area contributed by atoms with Crippen molar-refractivity contribution in [3.05, 3.63) is 71.9 Å². The van der Waals surface area contributed by atoms with Crippen LogP contribution >= 0.6 is 0 Å². The van der Waals surface area contributed by atoms with Crippen molar-refractivity contribution in [3.8, 4) is 0 Å². The Bertz CT molecular complexity index is 971. The number of benzene rings is 2. The number of allylic oxidation sites excluding steroid dienone is 1. The summed E-state index contributed by atoms with van der Waals surface area (Å²) in [5.41, 5.74) is 3.71. The normalized spacial score (nSPS) is 17.0. The Hall–Kier alpha value is -2.95. The Morgan fingerprint density at radius 1 is 1.08 bits per heavy atom. The first-order chi connectivity index (χ1) is 11.6. The van der Waals surface area contributed by atoms with Crippen molar-refractivity contribution in [2.24, 2.45) is 4.99 Å². The van der Waals surface area contributed by atoms with Crippen LogP contribution in [0.2, 0.25) is 0 Å². The van der Waals surface area contributed by atoms with Crippen LogP contribution in [0.1, 0.15) is 17.7 Å². The second-order valence-electron chi connectivity index (χ2n) is 5.89. The van der Waals surface area contributed by atoms with Crippen molar-refractivity contribution < 1.29 is 4.39 Å². The predicted molar refractivity (Wildman–Crippen MR) is 94.8 cm³/mol. The molecule has 4 nitrogen and oxygen atoms in total. The minimum Gasteiger partial charge on any atom is -0.308 e. The molecule has 4 rings (SSSR count). The molecule has 0 radical (unpaired) electrons. The smallest absolute Gasteiger partial charge is 0.208 e. The van der Waals surface area contributed by atoms with Gasteiger partial charge in [0.2, 0.25) is 6.29 Å². The molecule has 1 aliphatic rings. The van der Waals surface area contributed by atoms with E-state index in [2.05, 4.69) is 33.9 Å². The summed E-state index contributed by atoms with van der Waals surface area (Å²) < 4.78 is 15.7. The molecule has 0 N–H and O–H groups in total. The fourth-order valence-corrected chi connectivity index (χ4v) is 3.08. The number of aryl methyl sites for hydroxylation is 2. The van der Waals surface area contributed by atoms with Crippen LogP contribution < -0.4 is 4.90 Å². The van der Waals surface area contributed by atoms with E-state index in [0.29, 0.717) is 0 Å². The second-order valence-corrected chi connectivity index (χ2v) is 5.89. The highest BCUT2D eigenvalue weighted by Crippen LogP contribution is 2.31. The van der Waals surface area contributed by atoms with Crippen LogP contribution in [0, 0.1) is 19.7 Å². The van der Waals surface area contributed by atoms with Crippen LogP contribution in [-0.2, 0) is 0 Å². The number of halogens is 1. The molecule has 0 fully saturated rings. The van der Waals surface area contributed by atoms with Crippen molar-refractivity contribution in [2.45, 2.75) is 20.1 Å². The molecule has 24 heavy (non-hydrogen) atoms. The maximum absolute atomic E-state index is 13.8. The summed E-state index contributed by atoms with van der Waals surface area (Å²) in [4.78, 5) is 11.2.